The van der Waals surface area contributed by atoms with Crippen molar-refractivity contribution in [3.8, 4) is 23.3 Å². The maximum Gasteiger partial charge on any atom is 0.266 e. The number of unbranched alkanes of at least 4 members (excludes halogenated alkanes) is 3. The van der Waals surface area contributed by atoms with Crippen LogP contribution >= 0.6 is 0 Å². The summed E-state index contributed by atoms with van der Waals surface area (Å²) in [4.78, 5) is 12.6. The highest BCUT2D eigenvalue weighted by Gasteiger charge is 2.12. The first-order chi connectivity index (χ1) is 15.6. The Morgan fingerprint density at radius 1 is 0.938 bits per heavy atom. The molecular formula is C26H32N2O4. The van der Waals surface area contributed by atoms with Gasteiger partial charge < -0.3 is 19.5 Å². The number of ether oxygens (including phenoxy) is 3. The maximum atomic E-state index is 12.6. The monoisotopic (exact) mass is 436 g/mol. The highest BCUT2D eigenvalue weighted by atomic mass is 16.5. The molecule has 0 saturated carbocycles. The molecule has 170 valence electrons. The van der Waals surface area contributed by atoms with Crippen LogP contribution < -0.4 is 19.5 Å². The topological polar surface area (TPSA) is 80.6 Å². The predicted molar refractivity (Wildman–Crippen MR) is 127 cm³/mol. The minimum Gasteiger partial charge on any atom is -0.494 e. The van der Waals surface area contributed by atoms with Gasteiger partial charge in [-0.05, 0) is 68.3 Å². The van der Waals surface area contributed by atoms with Crippen molar-refractivity contribution in [2.75, 3.05) is 25.1 Å². The number of nitriles is 1. The van der Waals surface area contributed by atoms with Gasteiger partial charge in [0.15, 0.2) is 11.5 Å². The molecule has 0 radical (unpaired) electrons. The molecule has 0 aliphatic rings. The molecule has 0 saturated heterocycles. The fourth-order valence-corrected chi connectivity index (χ4v) is 3.03. The lowest BCUT2D eigenvalue weighted by molar-refractivity contribution is -0.112. The summed E-state index contributed by atoms with van der Waals surface area (Å²) in [6, 6.07) is 14.4. The van der Waals surface area contributed by atoms with Gasteiger partial charge in [-0.3, -0.25) is 4.79 Å². The van der Waals surface area contributed by atoms with Crippen LogP contribution in [0, 0.1) is 11.3 Å². The van der Waals surface area contributed by atoms with Crippen molar-refractivity contribution in [1.29, 1.82) is 5.26 Å². The van der Waals surface area contributed by atoms with Crippen LogP contribution in [0.25, 0.3) is 6.08 Å². The van der Waals surface area contributed by atoms with E-state index in [9.17, 15) is 10.1 Å². The van der Waals surface area contributed by atoms with Crippen LogP contribution in [0.4, 0.5) is 5.69 Å². The number of carbonyl (C=O) groups excluding carboxylic acids is 1. The Morgan fingerprint density at radius 3 is 2.34 bits per heavy atom. The van der Waals surface area contributed by atoms with Gasteiger partial charge in [0.1, 0.15) is 17.4 Å². The van der Waals surface area contributed by atoms with Crippen LogP contribution in [-0.2, 0) is 4.79 Å². The van der Waals surface area contributed by atoms with Gasteiger partial charge in [-0.2, -0.15) is 5.26 Å². The van der Waals surface area contributed by atoms with E-state index in [4.69, 9.17) is 14.2 Å². The first kappa shape index (κ1) is 24.8. The molecule has 0 atom stereocenters. The number of hydrogen-bond donors (Lipinski definition) is 1. The summed E-state index contributed by atoms with van der Waals surface area (Å²) in [6.07, 6.45) is 6.04. The van der Waals surface area contributed by atoms with Crippen molar-refractivity contribution < 1.29 is 19.0 Å². The zero-order valence-corrected chi connectivity index (χ0v) is 19.1. The van der Waals surface area contributed by atoms with Crippen molar-refractivity contribution in [3.05, 3.63) is 53.6 Å². The highest BCUT2D eigenvalue weighted by Crippen LogP contribution is 2.30. The van der Waals surface area contributed by atoms with Gasteiger partial charge in [0.2, 0.25) is 0 Å². The summed E-state index contributed by atoms with van der Waals surface area (Å²) in [6.45, 7) is 7.67. The Balaban J connectivity index is 2.10. The van der Waals surface area contributed by atoms with Gasteiger partial charge >= 0.3 is 0 Å². The smallest absolute Gasteiger partial charge is 0.266 e. The Hall–Kier alpha value is -3.46. The standard InChI is InChI=1S/C26H32N2O4/c1-4-7-8-9-16-32-24-15-10-20(18-25(24)31-6-3)17-21(19-27)26(29)28-22-11-13-23(14-12-22)30-5-2/h10-15,17-18H,4-9,16H2,1-3H3,(H,28,29)/b21-17+. The number of hydrogen-bond acceptors (Lipinski definition) is 5. The normalized spacial score (nSPS) is 10.9. The van der Waals surface area contributed by atoms with Crippen molar-refractivity contribution in [2.24, 2.45) is 0 Å². The van der Waals surface area contributed by atoms with E-state index in [0.29, 0.717) is 42.6 Å². The predicted octanol–water partition coefficient (Wildman–Crippen LogP) is 5.99. The fraction of sp³-hybridized carbons (Fsp3) is 0.385. The summed E-state index contributed by atoms with van der Waals surface area (Å²) in [5, 5.41) is 12.2. The molecule has 0 fully saturated rings. The summed E-state index contributed by atoms with van der Waals surface area (Å²) >= 11 is 0. The zero-order valence-electron chi connectivity index (χ0n) is 19.1. The van der Waals surface area contributed by atoms with Crippen LogP contribution in [0.3, 0.4) is 0 Å². The molecule has 0 spiro atoms. The van der Waals surface area contributed by atoms with E-state index in [2.05, 4.69) is 12.2 Å². The molecular weight excluding hydrogens is 404 g/mol. The van der Waals surface area contributed by atoms with Gasteiger partial charge in [0.05, 0.1) is 19.8 Å². The van der Waals surface area contributed by atoms with Crippen molar-refractivity contribution in [1.82, 2.24) is 0 Å². The first-order valence-corrected chi connectivity index (χ1v) is 11.2. The number of amides is 1. The highest BCUT2D eigenvalue weighted by molar-refractivity contribution is 6.09. The number of nitrogens with one attached hydrogen (secondary N) is 1. The van der Waals surface area contributed by atoms with Crippen LogP contribution in [0.5, 0.6) is 17.2 Å². The van der Waals surface area contributed by atoms with Crippen molar-refractivity contribution in [3.63, 3.8) is 0 Å². The number of carbonyl (C=O) groups is 1. The molecule has 0 aromatic heterocycles. The molecule has 0 aliphatic heterocycles. The fourth-order valence-electron chi connectivity index (χ4n) is 3.03. The molecule has 2 aromatic rings. The van der Waals surface area contributed by atoms with Crippen LogP contribution in [0.15, 0.2) is 48.0 Å². The second kappa shape index (κ2) is 13.8. The van der Waals surface area contributed by atoms with Crippen LogP contribution in [-0.4, -0.2) is 25.7 Å². The molecule has 0 bridgehead atoms. The molecule has 2 rings (SSSR count). The summed E-state index contributed by atoms with van der Waals surface area (Å²) in [5.41, 5.74) is 1.26. The van der Waals surface area contributed by atoms with E-state index in [0.717, 1.165) is 18.6 Å². The van der Waals surface area contributed by atoms with Crippen LogP contribution in [0.1, 0.15) is 52.0 Å². The molecule has 1 amide bonds. The average molecular weight is 437 g/mol. The second-order valence-electron chi connectivity index (χ2n) is 7.13. The number of anilines is 1. The summed E-state index contributed by atoms with van der Waals surface area (Å²) < 4.78 is 17.0. The largest absolute Gasteiger partial charge is 0.494 e. The third-order valence-electron chi connectivity index (χ3n) is 4.62. The number of nitrogens with zero attached hydrogens (tertiary/aromatic N) is 1. The van der Waals surface area contributed by atoms with Gasteiger partial charge in [-0.1, -0.05) is 32.3 Å². The van der Waals surface area contributed by atoms with E-state index in [1.165, 1.54) is 18.9 Å². The number of rotatable bonds is 13. The third kappa shape index (κ3) is 7.99. The Morgan fingerprint density at radius 2 is 1.69 bits per heavy atom. The van der Waals surface area contributed by atoms with E-state index in [-0.39, 0.29) is 5.57 Å². The minimum atomic E-state index is -0.481. The molecule has 6 heteroatoms. The Kier molecular flexibility index (Phi) is 10.7. The maximum absolute atomic E-state index is 12.6. The third-order valence-corrected chi connectivity index (χ3v) is 4.62. The minimum absolute atomic E-state index is 0.00503. The lowest BCUT2D eigenvalue weighted by Crippen LogP contribution is -2.13. The number of benzene rings is 2. The van der Waals surface area contributed by atoms with E-state index in [1.807, 2.05) is 32.0 Å². The molecule has 6 nitrogen and oxygen atoms in total. The lowest BCUT2D eigenvalue weighted by atomic mass is 10.1. The first-order valence-electron chi connectivity index (χ1n) is 11.2. The average Bonchev–Trinajstić information content (AvgIpc) is 2.80. The molecule has 0 heterocycles. The SMILES string of the molecule is CCCCCCOc1ccc(/C=C(\C#N)C(=O)Nc2ccc(OCC)cc2)cc1OCC. The van der Waals surface area contributed by atoms with Gasteiger partial charge in [0.25, 0.3) is 5.91 Å². The van der Waals surface area contributed by atoms with Gasteiger partial charge in [0, 0.05) is 5.69 Å². The molecule has 1 N–H and O–H groups in total. The zero-order chi connectivity index (χ0) is 23.2. The van der Waals surface area contributed by atoms with Crippen LogP contribution in [0.2, 0.25) is 0 Å². The van der Waals surface area contributed by atoms with Crippen molar-refractivity contribution in [2.45, 2.75) is 46.5 Å². The van der Waals surface area contributed by atoms with Gasteiger partial charge in [-0.15, -0.1) is 0 Å². The quantitative estimate of drug-likeness (QED) is 0.237. The Bertz CT molecular complexity index is 930. The van der Waals surface area contributed by atoms with E-state index >= 15 is 0 Å². The molecule has 32 heavy (non-hydrogen) atoms. The second-order valence-corrected chi connectivity index (χ2v) is 7.13. The summed E-state index contributed by atoms with van der Waals surface area (Å²) in [5.74, 6) is 1.50. The summed E-state index contributed by atoms with van der Waals surface area (Å²) in [7, 11) is 0. The van der Waals surface area contributed by atoms with E-state index < -0.39 is 5.91 Å². The molecule has 2 aromatic carbocycles. The Labute approximate surface area is 190 Å². The molecule has 0 aliphatic carbocycles. The van der Waals surface area contributed by atoms with E-state index in [1.54, 1.807) is 30.3 Å². The lowest BCUT2D eigenvalue weighted by Gasteiger charge is -2.13. The molecule has 0 unspecified atom stereocenters. The van der Waals surface area contributed by atoms with Gasteiger partial charge in [-0.25, -0.2) is 0 Å². The van der Waals surface area contributed by atoms with Crippen molar-refractivity contribution >= 4 is 17.7 Å².